The largest absolute Gasteiger partial charge is 0.506 e. The van der Waals surface area contributed by atoms with E-state index in [9.17, 15) is 9.90 Å². The summed E-state index contributed by atoms with van der Waals surface area (Å²) in [5, 5.41) is 10.1. The molecule has 3 nitrogen and oxygen atoms in total. The standard InChI is InChI=1S/C9H6ClNO2/c10-9-7(13)2-1-6-8(9)5(4-12)3-11-6/h1-4,11,13H. The summed E-state index contributed by atoms with van der Waals surface area (Å²) < 4.78 is 0. The molecule has 2 N–H and O–H groups in total. The molecule has 0 saturated heterocycles. The second-order valence-corrected chi connectivity index (χ2v) is 3.06. The highest BCUT2D eigenvalue weighted by Gasteiger charge is 2.09. The Bertz CT molecular complexity index is 476. The molecule has 0 aliphatic carbocycles. The highest BCUT2D eigenvalue weighted by molar-refractivity contribution is 6.37. The zero-order chi connectivity index (χ0) is 9.42. The van der Waals surface area contributed by atoms with E-state index >= 15 is 0 Å². The van der Waals surface area contributed by atoms with Gasteiger partial charge in [-0.15, -0.1) is 0 Å². The Morgan fingerprint density at radius 2 is 2.23 bits per heavy atom. The van der Waals surface area contributed by atoms with Gasteiger partial charge in [-0.3, -0.25) is 4.79 Å². The average molecular weight is 196 g/mol. The van der Waals surface area contributed by atoms with E-state index in [2.05, 4.69) is 4.98 Å². The van der Waals surface area contributed by atoms with Gasteiger partial charge in [-0.1, -0.05) is 11.6 Å². The maximum atomic E-state index is 10.6. The lowest BCUT2D eigenvalue weighted by Gasteiger charge is -1.97. The highest BCUT2D eigenvalue weighted by atomic mass is 35.5. The van der Waals surface area contributed by atoms with Crippen LogP contribution in [0.3, 0.4) is 0 Å². The number of rotatable bonds is 1. The van der Waals surface area contributed by atoms with Gasteiger partial charge in [0.15, 0.2) is 6.29 Å². The van der Waals surface area contributed by atoms with Crippen molar-refractivity contribution in [2.24, 2.45) is 0 Å². The molecule has 0 unspecified atom stereocenters. The number of aldehydes is 1. The summed E-state index contributed by atoms with van der Waals surface area (Å²) in [6, 6.07) is 3.15. The Hall–Kier alpha value is -1.48. The number of phenolic OH excluding ortho intramolecular Hbond substituents is 1. The van der Waals surface area contributed by atoms with E-state index in [4.69, 9.17) is 11.6 Å². The molecule has 4 heteroatoms. The summed E-state index contributed by atoms with van der Waals surface area (Å²) in [7, 11) is 0. The molecule has 66 valence electrons. The molecule has 0 spiro atoms. The lowest BCUT2D eigenvalue weighted by Crippen LogP contribution is -1.77. The van der Waals surface area contributed by atoms with E-state index in [1.54, 1.807) is 12.3 Å². The number of hydrogen-bond donors (Lipinski definition) is 2. The number of carbonyl (C=O) groups is 1. The van der Waals surface area contributed by atoms with Crippen LogP contribution in [0.1, 0.15) is 10.4 Å². The first-order valence-electron chi connectivity index (χ1n) is 3.68. The van der Waals surface area contributed by atoms with Crippen LogP contribution >= 0.6 is 11.6 Å². The third kappa shape index (κ3) is 1.09. The molecule has 0 saturated carbocycles. The third-order valence-electron chi connectivity index (χ3n) is 1.92. The van der Waals surface area contributed by atoms with Crippen molar-refractivity contribution in [3.63, 3.8) is 0 Å². The molecular formula is C9H6ClNO2. The van der Waals surface area contributed by atoms with E-state index in [1.807, 2.05) is 0 Å². The van der Waals surface area contributed by atoms with Gasteiger partial charge in [0, 0.05) is 22.7 Å². The number of hydrogen-bond acceptors (Lipinski definition) is 2. The van der Waals surface area contributed by atoms with Gasteiger partial charge >= 0.3 is 0 Å². The van der Waals surface area contributed by atoms with Crippen molar-refractivity contribution in [3.05, 3.63) is 28.9 Å². The van der Waals surface area contributed by atoms with Gasteiger partial charge in [-0.05, 0) is 12.1 Å². The van der Waals surface area contributed by atoms with Gasteiger partial charge < -0.3 is 10.1 Å². The van der Waals surface area contributed by atoms with Crippen LogP contribution in [0.2, 0.25) is 5.02 Å². The van der Waals surface area contributed by atoms with Crippen LogP contribution < -0.4 is 0 Å². The summed E-state index contributed by atoms with van der Waals surface area (Å²) in [5.74, 6) is -0.0168. The minimum atomic E-state index is -0.0168. The summed E-state index contributed by atoms with van der Waals surface area (Å²) in [6.45, 7) is 0. The molecule has 2 rings (SSSR count). The number of benzene rings is 1. The van der Waals surface area contributed by atoms with Gasteiger partial charge in [0.05, 0.1) is 5.02 Å². The number of carbonyl (C=O) groups excluding carboxylic acids is 1. The zero-order valence-electron chi connectivity index (χ0n) is 6.54. The van der Waals surface area contributed by atoms with Gasteiger partial charge in [-0.2, -0.15) is 0 Å². The predicted octanol–water partition coefficient (Wildman–Crippen LogP) is 2.34. The molecule has 0 amide bonds. The van der Waals surface area contributed by atoms with Crippen molar-refractivity contribution in [1.29, 1.82) is 0 Å². The monoisotopic (exact) mass is 195 g/mol. The van der Waals surface area contributed by atoms with Crippen molar-refractivity contribution in [3.8, 4) is 5.75 Å². The van der Waals surface area contributed by atoms with E-state index in [1.165, 1.54) is 6.07 Å². The Morgan fingerprint density at radius 1 is 1.46 bits per heavy atom. The van der Waals surface area contributed by atoms with Gasteiger partial charge in [0.2, 0.25) is 0 Å². The minimum Gasteiger partial charge on any atom is -0.506 e. The molecule has 13 heavy (non-hydrogen) atoms. The number of aromatic hydroxyl groups is 1. The molecule has 1 aromatic heterocycles. The molecule has 0 fully saturated rings. The first-order valence-corrected chi connectivity index (χ1v) is 4.05. The first-order chi connectivity index (χ1) is 6.24. The Balaban J connectivity index is 2.93. The topological polar surface area (TPSA) is 53.1 Å². The molecule has 2 aromatic rings. The van der Waals surface area contributed by atoms with Crippen LogP contribution in [0.15, 0.2) is 18.3 Å². The lowest BCUT2D eigenvalue weighted by molar-refractivity contribution is 0.112. The number of phenols is 1. The number of aromatic amines is 1. The first kappa shape index (κ1) is 8.13. The van der Waals surface area contributed by atoms with Crippen LogP contribution in [0.4, 0.5) is 0 Å². The van der Waals surface area contributed by atoms with Crippen LogP contribution in [0.5, 0.6) is 5.75 Å². The number of aromatic nitrogens is 1. The maximum absolute atomic E-state index is 10.6. The fraction of sp³-hybridized carbons (Fsp3) is 0. The molecule has 0 radical (unpaired) electrons. The molecule has 0 aliphatic rings. The van der Waals surface area contributed by atoms with Crippen molar-refractivity contribution >= 4 is 28.8 Å². The molecule has 0 bridgehead atoms. The summed E-state index contributed by atoms with van der Waals surface area (Å²) in [6.07, 6.45) is 2.26. The van der Waals surface area contributed by atoms with Crippen molar-refractivity contribution in [2.45, 2.75) is 0 Å². The van der Waals surface area contributed by atoms with E-state index in [0.717, 1.165) is 5.52 Å². The molecule has 1 heterocycles. The second-order valence-electron chi connectivity index (χ2n) is 2.68. The number of fused-ring (bicyclic) bond motifs is 1. The third-order valence-corrected chi connectivity index (χ3v) is 2.30. The average Bonchev–Trinajstić information content (AvgIpc) is 2.55. The Kier molecular flexibility index (Phi) is 1.74. The van der Waals surface area contributed by atoms with Crippen LogP contribution in [0, 0.1) is 0 Å². The van der Waals surface area contributed by atoms with E-state index in [0.29, 0.717) is 17.2 Å². The summed E-state index contributed by atoms with van der Waals surface area (Å²) >= 11 is 5.82. The lowest BCUT2D eigenvalue weighted by atomic mass is 10.2. The molecule has 0 atom stereocenters. The Labute approximate surface area is 78.9 Å². The second kappa shape index (κ2) is 2.78. The number of H-pyrrole nitrogens is 1. The fourth-order valence-electron chi connectivity index (χ4n) is 1.29. The molecule has 0 aliphatic heterocycles. The highest BCUT2D eigenvalue weighted by Crippen LogP contribution is 2.33. The summed E-state index contributed by atoms with van der Waals surface area (Å²) in [4.78, 5) is 13.5. The van der Waals surface area contributed by atoms with Crippen LogP contribution in [-0.4, -0.2) is 16.4 Å². The van der Waals surface area contributed by atoms with Gasteiger partial charge in [-0.25, -0.2) is 0 Å². The smallest absolute Gasteiger partial charge is 0.152 e. The van der Waals surface area contributed by atoms with E-state index in [-0.39, 0.29) is 10.8 Å². The molecule has 1 aromatic carbocycles. The van der Waals surface area contributed by atoms with Crippen LogP contribution in [-0.2, 0) is 0 Å². The van der Waals surface area contributed by atoms with E-state index < -0.39 is 0 Å². The van der Waals surface area contributed by atoms with Gasteiger partial charge in [0.25, 0.3) is 0 Å². The summed E-state index contributed by atoms with van der Waals surface area (Å²) in [5.41, 5.74) is 1.20. The quantitative estimate of drug-likeness (QED) is 0.687. The predicted molar refractivity (Wildman–Crippen MR) is 50.4 cm³/mol. The van der Waals surface area contributed by atoms with Gasteiger partial charge in [0.1, 0.15) is 5.75 Å². The normalized spacial score (nSPS) is 10.5. The van der Waals surface area contributed by atoms with Crippen molar-refractivity contribution < 1.29 is 9.90 Å². The van der Waals surface area contributed by atoms with Crippen LogP contribution in [0.25, 0.3) is 10.9 Å². The van der Waals surface area contributed by atoms with Crippen molar-refractivity contribution in [1.82, 2.24) is 4.98 Å². The number of nitrogens with one attached hydrogen (secondary N) is 1. The molecular weight excluding hydrogens is 190 g/mol. The number of halogens is 1. The zero-order valence-corrected chi connectivity index (χ0v) is 7.30. The Morgan fingerprint density at radius 3 is 2.92 bits per heavy atom. The van der Waals surface area contributed by atoms with Crippen molar-refractivity contribution in [2.75, 3.05) is 0 Å². The SMILES string of the molecule is O=Cc1c[nH]c2ccc(O)c(Cl)c12. The minimum absolute atomic E-state index is 0.0168. The fourth-order valence-corrected chi connectivity index (χ4v) is 1.56. The maximum Gasteiger partial charge on any atom is 0.152 e.